The Kier molecular flexibility index (Phi) is 4.14. The van der Waals surface area contributed by atoms with Gasteiger partial charge in [-0.1, -0.05) is 0 Å². The van der Waals surface area contributed by atoms with Crippen molar-refractivity contribution in [1.82, 2.24) is 0 Å². The van der Waals surface area contributed by atoms with Gasteiger partial charge in [-0.3, -0.25) is 9.59 Å². The molecule has 0 fully saturated rings. The molecule has 3 N–H and O–H groups in total. The van der Waals surface area contributed by atoms with E-state index in [1.54, 1.807) is 25.1 Å². The molecule has 3 aliphatic rings. The number of hydrogen-bond acceptors (Lipinski definition) is 7. The molecule has 2 aliphatic heterocycles. The highest BCUT2D eigenvalue weighted by Gasteiger charge is 2.61. The first kappa shape index (κ1) is 18.1. The van der Waals surface area contributed by atoms with E-state index in [-0.39, 0.29) is 35.8 Å². The van der Waals surface area contributed by atoms with Crippen molar-refractivity contribution in [1.29, 1.82) is 0 Å². The van der Waals surface area contributed by atoms with E-state index in [9.17, 15) is 14.4 Å². The molecule has 0 saturated carbocycles. The molecular weight excluding hydrogens is 364 g/mol. The maximum absolute atomic E-state index is 13.4. The molecular formula is C20H20N2O6. The molecule has 1 aliphatic carbocycles. The number of amides is 1. The molecule has 1 aromatic carbocycles. The van der Waals surface area contributed by atoms with Crippen molar-refractivity contribution in [2.24, 2.45) is 5.73 Å². The summed E-state index contributed by atoms with van der Waals surface area (Å²) >= 11 is 0. The molecule has 2 heterocycles. The van der Waals surface area contributed by atoms with Crippen LogP contribution >= 0.6 is 0 Å². The lowest BCUT2D eigenvalue weighted by atomic mass is 9.64. The number of rotatable bonds is 3. The number of anilines is 1. The zero-order chi connectivity index (χ0) is 20.1. The zero-order valence-electron chi connectivity index (χ0n) is 15.6. The Bertz CT molecular complexity index is 977. The van der Waals surface area contributed by atoms with Gasteiger partial charge in [0.15, 0.2) is 5.78 Å². The first-order valence-electron chi connectivity index (χ1n) is 9.07. The normalized spacial score (nSPS) is 23.2. The van der Waals surface area contributed by atoms with Crippen molar-refractivity contribution < 1.29 is 28.6 Å². The second-order valence-corrected chi connectivity index (χ2v) is 6.75. The third kappa shape index (κ3) is 2.27. The SMILES string of the molecule is CCOC(=O)C1=C(N)OC2=C(C(=O)CCC2)[C@]12C(=O)Nc1ccc(OC)cc12. The largest absolute Gasteiger partial charge is 0.497 e. The minimum atomic E-state index is -1.72. The number of nitrogens with two attached hydrogens (primary N) is 1. The quantitative estimate of drug-likeness (QED) is 0.761. The number of fused-ring (bicyclic) bond motifs is 3. The second-order valence-electron chi connectivity index (χ2n) is 6.75. The minimum absolute atomic E-state index is 0.0815. The third-order valence-corrected chi connectivity index (χ3v) is 5.29. The van der Waals surface area contributed by atoms with E-state index in [1.165, 1.54) is 7.11 Å². The fourth-order valence-electron chi connectivity index (χ4n) is 4.19. The van der Waals surface area contributed by atoms with E-state index in [4.69, 9.17) is 19.9 Å². The van der Waals surface area contributed by atoms with Crippen LogP contribution in [0.1, 0.15) is 31.7 Å². The van der Waals surface area contributed by atoms with Gasteiger partial charge in [0.25, 0.3) is 0 Å². The fraction of sp³-hybridized carbons (Fsp3) is 0.350. The summed E-state index contributed by atoms with van der Waals surface area (Å²) in [4.78, 5) is 39.2. The van der Waals surface area contributed by atoms with Crippen LogP contribution in [0.2, 0.25) is 0 Å². The molecule has 146 valence electrons. The molecule has 28 heavy (non-hydrogen) atoms. The van der Waals surface area contributed by atoms with Crippen molar-refractivity contribution in [3.63, 3.8) is 0 Å². The number of ketones is 1. The van der Waals surface area contributed by atoms with Gasteiger partial charge in [-0.15, -0.1) is 0 Å². The number of carbonyl (C=O) groups is 3. The fourth-order valence-corrected chi connectivity index (χ4v) is 4.19. The molecule has 8 nitrogen and oxygen atoms in total. The first-order chi connectivity index (χ1) is 13.4. The standard InChI is InChI=1S/C20H20N2O6/c1-3-27-18(24)16-17(21)28-14-6-4-5-13(23)15(14)20(16)11-9-10(26-2)7-8-12(11)22-19(20)25/h7-9H,3-6,21H2,1-2H3,(H,22,25)/t20-/m0/s1. The number of hydrogen-bond donors (Lipinski definition) is 2. The summed E-state index contributed by atoms with van der Waals surface area (Å²) < 4.78 is 16.1. The van der Waals surface area contributed by atoms with Crippen molar-refractivity contribution in [3.8, 4) is 5.75 Å². The molecule has 0 unspecified atom stereocenters. The van der Waals surface area contributed by atoms with Crippen molar-refractivity contribution in [2.45, 2.75) is 31.6 Å². The molecule has 4 rings (SSSR count). The summed E-state index contributed by atoms with van der Waals surface area (Å²) in [6.07, 6.45) is 1.29. The number of allylic oxidation sites excluding steroid dienone is 1. The molecule has 0 aromatic heterocycles. The van der Waals surface area contributed by atoms with Gasteiger partial charge in [0, 0.05) is 24.1 Å². The molecule has 1 spiro atoms. The highest BCUT2D eigenvalue weighted by Crippen LogP contribution is 2.54. The molecule has 1 atom stereocenters. The van der Waals surface area contributed by atoms with Gasteiger partial charge >= 0.3 is 5.97 Å². The van der Waals surface area contributed by atoms with Crippen LogP contribution in [0.4, 0.5) is 5.69 Å². The third-order valence-electron chi connectivity index (χ3n) is 5.29. The lowest BCUT2D eigenvalue weighted by Gasteiger charge is -2.38. The van der Waals surface area contributed by atoms with Crippen LogP contribution in [-0.4, -0.2) is 31.4 Å². The first-order valence-corrected chi connectivity index (χ1v) is 9.07. The highest BCUT2D eigenvalue weighted by molar-refractivity contribution is 6.22. The van der Waals surface area contributed by atoms with Gasteiger partial charge in [0.05, 0.1) is 19.3 Å². The number of ether oxygens (including phenoxy) is 3. The van der Waals surface area contributed by atoms with Gasteiger partial charge in [0.2, 0.25) is 11.8 Å². The molecule has 0 saturated heterocycles. The van der Waals surface area contributed by atoms with E-state index in [1.807, 2.05) is 0 Å². The van der Waals surface area contributed by atoms with Crippen molar-refractivity contribution in [2.75, 3.05) is 19.0 Å². The minimum Gasteiger partial charge on any atom is -0.497 e. The second kappa shape index (κ2) is 6.40. The van der Waals surface area contributed by atoms with Crippen LogP contribution in [0.15, 0.2) is 41.0 Å². The predicted octanol–water partition coefficient (Wildman–Crippen LogP) is 1.66. The van der Waals surface area contributed by atoms with Crippen LogP contribution in [0.5, 0.6) is 5.75 Å². The van der Waals surface area contributed by atoms with E-state index < -0.39 is 17.3 Å². The summed E-state index contributed by atoms with van der Waals surface area (Å²) in [6.45, 7) is 1.73. The lowest BCUT2D eigenvalue weighted by molar-refractivity contribution is -0.141. The predicted molar refractivity (Wildman–Crippen MR) is 98.1 cm³/mol. The van der Waals surface area contributed by atoms with Crippen LogP contribution in [-0.2, 0) is 29.3 Å². The molecule has 8 heteroatoms. The smallest absolute Gasteiger partial charge is 0.341 e. The van der Waals surface area contributed by atoms with Gasteiger partial charge in [-0.25, -0.2) is 4.79 Å². The maximum atomic E-state index is 13.4. The zero-order valence-corrected chi connectivity index (χ0v) is 15.6. The number of Topliss-reactive ketones (excluding diaryl/α,β-unsaturated/α-hetero) is 1. The van der Waals surface area contributed by atoms with E-state index in [0.717, 1.165) is 0 Å². The Morgan fingerprint density at radius 3 is 2.82 bits per heavy atom. The van der Waals surface area contributed by atoms with Crippen LogP contribution < -0.4 is 15.8 Å². The summed E-state index contributed by atoms with van der Waals surface area (Å²) in [5.74, 6) is -0.997. The molecule has 1 amide bonds. The van der Waals surface area contributed by atoms with E-state index in [0.29, 0.717) is 35.6 Å². The van der Waals surface area contributed by atoms with Crippen molar-refractivity contribution >= 4 is 23.3 Å². The summed E-state index contributed by atoms with van der Waals surface area (Å²) in [5, 5.41) is 2.78. The number of benzene rings is 1. The lowest BCUT2D eigenvalue weighted by Crippen LogP contribution is -2.49. The average molecular weight is 384 g/mol. The highest BCUT2D eigenvalue weighted by atomic mass is 16.5. The van der Waals surface area contributed by atoms with E-state index in [2.05, 4.69) is 5.32 Å². The topological polar surface area (TPSA) is 117 Å². The number of carbonyl (C=O) groups excluding carboxylic acids is 3. The van der Waals surface area contributed by atoms with Crippen LogP contribution in [0.3, 0.4) is 0 Å². The van der Waals surface area contributed by atoms with Crippen molar-refractivity contribution in [3.05, 3.63) is 46.6 Å². The van der Waals surface area contributed by atoms with Gasteiger partial charge < -0.3 is 25.3 Å². The summed E-state index contributed by atoms with van der Waals surface area (Å²) in [5.41, 5.74) is 5.27. The number of esters is 1. The van der Waals surface area contributed by atoms with Crippen LogP contribution in [0.25, 0.3) is 0 Å². The monoisotopic (exact) mass is 384 g/mol. The molecule has 0 bridgehead atoms. The van der Waals surface area contributed by atoms with E-state index >= 15 is 0 Å². The summed E-state index contributed by atoms with van der Waals surface area (Å²) in [7, 11) is 1.50. The number of nitrogens with one attached hydrogen (secondary N) is 1. The average Bonchev–Trinajstić information content (AvgIpc) is 2.93. The maximum Gasteiger partial charge on any atom is 0.341 e. The molecule has 1 aromatic rings. The molecule has 0 radical (unpaired) electrons. The summed E-state index contributed by atoms with van der Waals surface area (Å²) in [6, 6.07) is 4.99. The Morgan fingerprint density at radius 1 is 1.32 bits per heavy atom. The Morgan fingerprint density at radius 2 is 2.11 bits per heavy atom. The van der Waals surface area contributed by atoms with Gasteiger partial charge in [-0.2, -0.15) is 0 Å². The Balaban J connectivity index is 2.08. The Labute approximate surface area is 161 Å². The van der Waals surface area contributed by atoms with Gasteiger partial charge in [-0.05, 0) is 31.5 Å². The Hall–Kier alpha value is -3.29. The van der Waals surface area contributed by atoms with Crippen LogP contribution in [0, 0.1) is 0 Å². The number of methoxy groups -OCH3 is 1. The van der Waals surface area contributed by atoms with Gasteiger partial charge in [0.1, 0.15) is 22.5 Å².